The predicted octanol–water partition coefficient (Wildman–Crippen LogP) is 2.51. The first-order valence-corrected chi connectivity index (χ1v) is 7.14. The Morgan fingerprint density at radius 1 is 1.56 bits per heavy atom. The van der Waals surface area contributed by atoms with Gasteiger partial charge in [-0.05, 0) is 39.2 Å². The maximum absolute atomic E-state index is 5.82. The molecule has 0 aliphatic carbocycles. The average Bonchev–Trinajstić information content (AvgIpc) is 2.86. The minimum Gasteiger partial charge on any atom is -0.378 e. The van der Waals surface area contributed by atoms with Crippen molar-refractivity contribution in [2.24, 2.45) is 0 Å². The smallest absolute Gasteiger partial charge is 0.0593 e. The molecule has 0 spiro atoms. The van der Waals surface area contributed by atoms with Crippen molar-refractivity contribution in [1.82, 2.24) is 15.1 Å². The molecule has 1 aromatic heterocycles. The minimum atomic E-state index is 0.360. The van der Waals surface area contributed by atoms with E-state index in [2.05, 4.69) is 23.5 Å². The van der Waals surface area contributed by atoms with E-state index in [1.165, 1.54) is 24.8 Å². The molecule has 2 atom stereocenters. The SMILES string of the molecule is CCCn1cc(C(CC2CCCCO2)NC)cn1. The lowest BCUT2D eigenvalue weighted by molar-refractivity contribution is 0.00547. The molecule has 18 heavy (non-hydrogen) atoms. The monoisotopic (exact) mass is 251 g/mol. The zero-order valence-corrected chi connectivity index (χ0v) is 11.6. The van der Waals surface area contributed by atoms with E-state index in [-0.39, 0.29) is 0 Å². The lowest BCUT2D eigenvalue weighted by Gasteiger charge is -2.26. The van der Waals surface area contributed by atoms with Crippen LogP contribution in [0.3, 0.4) is 0 Å². The predicted molar refractivity (Wildman–Crippen MR) is 72.5 cm³/mol. The van der Waals surface area contributed by atoms with Crippen molar-refractivity contribution in [1.29, 1.82) is 0 Å². The Labute approximate surface area is 110 Å². The number of aryl methyl sites for hydroxylation is 1. The molecule has 4 heteroatoms. The molecule has 1 aliphatic heterocycles. The normalized spacial score (nSPS) is 22.0. The molecule has 1 saturated heterocycles. The van der Waals surface area contributed by atoms with Gasteiger partial charge in [0.1, 0.15) is 0 Å². The van der Waals surface area contributed by atoms with Crippen LogP contribution in [0.5, 0.6) is 0 Å². The molecule has 0 radical (unpaired) electrons. The number of nitrogens with zero attached hydrogens (tertiary/aromatic N) is 2. The third kappa shape index (κ3) is 3.56. The van der Waals surface area contributed by atoms with Crippen LogP contribution in [-0.2, 0) is 11.3 Å². The van der Waals surface area contributed by atoms with Crippen molar-refractivity contribution in [3.8, 4) is 0 Å². The molecular formula is C14H25N3O. The number of nitrogens with one attached hydrogen (secondary N) is 1. The van der Waals surface area contributed by atoms with E-state index in [1.54, 1.807) is 0 Å². The standard InChI is InChI=1S/C14H25N3O/c1-3-7-17-11-12(10-16-17)14(15-2)9-13-6-4-5-8-18-13/h10-11,13-15H,3-9H2,1-2H3. The van der Waals surface area contributed by atoms with Gasteiger partial charge in [-0.3, -0.25) is 4.68 Å². The molecule has 1 fully saturated rings. The summed E-state index contributed by atoms with van der Waals surface area (Å²) in [5.74, 6) is 0. The second-order valence-electron chi connectivity index (χ2n) is 5.10. The maximum Gasteiger partial charge on any atom is 0.0593 e. The van der Waals surface area contributed by atoms with Gasteiger partial charge in [-0.15, -0.1) is 0 Å². The Morgan fingerprint density at radius 3 is 3.11 bits per heavy atom. The maximum atomic E-state index is 5.82. The van der Waals surface area contributed by atoms with E-state index < -0.39 is 0 Å². The number of ether oxygens (including phenoxy) is 1. The van der Waals surface area contributed by atoms with E-state index in [4.69, 9.17) is 4.74 Å². The Kier molecular flexibility index (Phi) is 5.20. The average molecular weight is 251 g/mol. The summed E-state index contributed by atoms with van der Waals surface area (Å²) in [5.41, 5.74) is 1.28. The van der Waals surface area contributed by atoms with Crippen LogP contribution in [0.2, 0.25) is 0 Å². The highest BCUT2D eigenvalue weighted by molar-refractivity contribution is 5.10. The molecule has 2 unspecified atom stereocenters. The quantitative estimate of drug-likeness (QED) is 0.844. The summed E-state index contributed by atoms with van der Waals surface area (Å²) in [7, 11) is 2.02. The molecule has 0 saturated carbocycles. The van der Waals surface area contributed by atoms with Crippen molar-refractivity contribution >= 4 is 0 Å². The lowest BCUT2D eigenvalue weighted by Crippen LogP contribution is -2.26. The molecule has 4 nitrogen and oxygen atoms in total. The number of hydrogen-bond donors (Lipinski definition) is 1. The van der Waals surface area contributed by atoms with Gasteiger partial charge >= 0.3 is 0 Å². The summed E-state index contributed by atoms with van der Waals surface area (Å²) in [6.45, 7) is 4.10. The number of hydrogen-bond acceptors (Lipinski definition) is 3. The van der Waals surface area contributed by atoms with E-state index in [1.807, 2.05) is 17.9 Å². The van der Waals surface area contributed by atoms with Crippen LogP contribution in [0.4, 0.5) is 0 Å². The highest BCUT2D eigenvalue weighted by atomic mass is 16.5. The Bertz CT molecular complexity index is 345. The molecule has 0 amide bonds. The van der Waals surface area contributed by atoms with E-state index in [0.717, 1.165) is 26.0 Å². The largest absolute Gasteiger partial charge is 0.378 e. The van der Waals surface area contributed by atoms with Crippen molar-refractivity contribution in [3.05, 3.63) is 18.0 Å². The van der Waals surface area contributed by atoms with Crippen molar-refractivity contribution in [2.45, 2.75) is 57.7 Å². The molecular weight excluding hydrogens is 226 g/mol. The second-order valence-corrected chi connectivity index (χ2v) is 5.10. The Hall–Kier alpha value is -0.870. The third-order valence-electron chi connectivity index (χ3n) is 3.63. The molecule has 102 valence electrons. The summed E-state index contributed by atoms with van der Waals surface area (Å²) < 4.78 is 7.85. The number of rotatable bonds is 6. The van der Waals surface area contributed by atoms with Gasteiger partial charge in [0.05, 0.1) is 12.3 Å². The van der Waals surface area contributed by atoms with Gasteiger partial charge in [-0.2, -0.15) is 5.10 Å². The molecule has 1 N–H and O–H groups in total. The fraction of sp³-hybridized carbons (Fsp3) is 0.786. The highest BCUT2D eigenvalue weighted by Gasteiger charge is 2.20. The van der Waals surface area contributed by atoms with Gasteiger partial charge in [-0.1, -0.05) is 6.92 Å². The second kappa shape index (κ2) is 6.90. The van der Waals surface area contributed by atoms with Gasteiger partial charge in [0, 0.05) is 31.0 Å². The summed E-state index contributed by atoms with van der Waals surface area (Å²) in [6, 6.07) is 0.360. The molecule has 2 heterocycles. The fourth-order valence-corrected chi connectivity index (χ4v) is 2.59. The Balaban J connectivity index is 1.93. The molecule has 1 aromatic rings. The first-order chi connectivity index (χ1) is 8.83. The van der Waals surface area contributed by atoms with Crippen molar-refractivity contribution in [3.63, 3.8) is 0 Å². The van der Waals surface area contributed by atoms with Crippen molar-refractivity contribution in [2.75, 3.05) is 13.7 Å². The lowest BCUT2D eigenvalue weighted by atomic mass is 9.99. The van der Waals surface area contributed by atoms with Gasteiger partial charge < -0.3 is 10.1 Å². The van der Waals surface area contributed by atoms with E-state index in [0.29, 0.717) is 12.1 Å². The van der Waals surface area contributed by atoms with Gasteiger partial charge in [0.2, 0.25) is 0 Å². The topological polar surface area (TPSA) is 39.1 Å². The van der Waals surface area contributed by atoms with Crippen LogP contribution in [0.25, 0.3) is 0 Å². The molecule has 1 aliphatic rings. The zero-order chi connectivity index (χ0) is 12.8. The molecule has 0 aromatic carbocycles. The van der Waals surface area contributed by atoms with Crippen LogP contribution in [0.15, 0.2) is 12.4 Å². The van der Waals surface area contributed by atoms with Crippen LogP contribution >= 0.6 is 0 Å². The van der Waals surface area contributed by atoms with E-state index >= 15 is 0 Å². The van der Waals surface area contributed by atoms with Crippen LogP contribution < -0.4 is 5.32 Å². The van der Waals surface area contributed by atoms with Crippen LogP contribution in [0, 0.1) is 0 Å². The van der Waals surface area contributed by atoms with E-state index in [9.17, 15) is 0 Å². The zero-order valence-electron chi connectivity index (χ0n) is 11.6. The Morgan fingerprint density at radius 2 is 2.44 bits per heavy atom. The first-order valence-electron chi connectivity index (χ1n) is 7.14. The third-order valence-corrected chi connectivity index (χ3v) is 3.63. The van der Waals surface area contributed by atoms with Gasteiger partial charge in [0.25, 0.3) is 0 Å². The summed E-state index contributed by atoms with van der Waals surface area (Å²) in [6.07, 6.45) is 10.4. The summed E-state index contributed by atoms with van der Waals surface area (Å²) in [5, 5.41) is 7.79. The fourth-order valence-electron chi connectivity index (χ4n) is 2.59. The van der Waals surface area contributed by atoms with Gasteiger partial charge in [-0.25, -0.2) is 0 Å². The van der Waals surface area contributed by atoms with Crippen LogP contribution in [0.1, 0.15) is 50.6 Å². The van der Waals surface area contributed by atoms with Crippen LogP contribution in [-0.4, -0.2) is 29.5 Å². The van der Waals surface area contributed by atoms with Crippen molar-refractivity contribution < 1.29 is 4.74 Å². The molecule has 0 bridgehead atoms. The summed E-state index contributed by atoms with van der Waals surface area (Å²) in [4.78, 5) is 0. The molecule has 2 rings (SSSR count). The first kappa shape index (κ1) is 13.6. The summed E-state index contributed by atoms with van der Waals surface area (Å²) >= 11 is 0. The highest BCUT2D eigenvalue weighted by Crippen LogP contribution is 2.24. The number of aromatic nitrogens is 2. The minimum absolute atomic E-state index is 0.360. The van der Waals surface area contributed by atoms with Gasteiger partial charge in [0.15, 0.2) is 0 Å².